The van der Waals surface area contributed by atoms with Crippen LogP contribution >= 0.6 is 11.3 Å². The van der Waals surface area contributed by atoms with Crippen molar-refractivity contribution < 1.29 is 4.79 Å². The Morgan fingerprint density at radius 3 is 3.04 bits per heavy atom. The molecule has 5 nitrogen and oxygen atoms in total. The highest BCUT2D eigenvalue weighted by Gasteiger charge is 2.30. The minimum absolute atomic E-state index is 0.0296. The lowest BCUT2D eigenvalue weighted by molar-refractivity contribution is -0.123. The van der Waals surface area contributed by atoms with Crippen molar-refractivity contribution in [2.24, 2.45) is 0 Å². The lowest BCUT2D eigenvalue weighted by atomic mass is 10.2. The summed E-state index contributed by atoms with van der Waals surface area (Å²) >= 11 is 1.67. The van der Waals surface area contributed by atoms with Crippen molar-refractivity contribution in [3.63, 3.8) is 0 Å². The van der Waals surface area contributed by atoms with Crippen molar-refractivity contribution in [1.29, 1.82) is 5.26 Å². The Hall–Kier alpha value is -2.10. The van der Waals surface area contributed by atoms with Crippen molar-refractivity contribution in [2.45, 2.75) is 31.3 Å². The number of carbonyl (C=O) groups is 1. The number of rotatable bonds is 3. The fourth-order valence-corrected chi connectivity index (χ4v) is 4.82. The van der Waals surface area contributed by atoms with Gasteiger partial charge >= 0.3 is 0 Å². The van der Waals surface area contributed by atoms with Crippen LogP contribution in [0.25, 0.3) is 10.1 Å². The van der Waals surface area contributed by atoms with Gasteiger partial charge in [0.1, 0.15) is 11.1 Å². The standard InChI is InChI=1S/C18H20N4OS/c19-10-14-13-4-1-2-6-16(13)24-18(14)22-9-7-12(11-22)21-17(23)15-5-3-8-20-15/h1-2,4,6,12,15,20H,3,5,7-9,11H2,(H,21,23)/t12-,15-/m0/s1. The fraction of sp³-hybridized carbons (Fsp3) is 0.444. The van der Waals surface area contributed by atoms with Gasteiger partial charge in [0.25, 0.3) is 0 Å². The molecule has 2 aromatic rings. The van der Waals surface area contributed by atoms with E-state index in [1.165, 1.54) is 0 Å². The van der Waals surface area contributed by atoms with E-state index in [0.717, 1.165) is 59.5 Å². The van der Waals surface area contributed by atoms with Crippen molar-refractivity contribution in [1.82, 2.24) is 10.6 Å². The summed E-state index contributed by atoms with van der Waals surface area (Å²) in [7, 11) is 0. The number of nitrogens with one attached hydrogen (secondary N) is 2. The van der Waals surface area contributed by atoms with E-state index in [0.29, 0.717) is 0 Å². The van der Waals surface area contributed by atoms with E-state index >= 15 is 0 Å². The Morgan fingerprint density at radius 2 is 2.25 bits per heavy atom. The van der Waals surface area contributed by atoms with Gasteiger partial charge < -0.3 is 15.5 Å². The van der Waals surface area contributed by atoms with Crippen LogP contribution < -0.4 is 15.5 Å². The molecule has 0 aliphatic carbocycles. The summed E-state index contributed by atoms with van der Waals surface area (Å²) in [4.78, 5) is 14.5. The van der Waals surface area contributed by atoms with E-state index in [1.807, 2.05) is 18.2 Å². The summed E-state index contributed by atoms with van der Waals surface area (Å²) in [5.74, 6) is 0.121. The Labute approximate surface area is 145 Å². The summed E-state index contributed by atoms with van der Waals surface area (Å²) in [6, 6.07) is 10.5. The minimum atomic E-state index is -0.0296. The molecule has 0 radical (unpaired) electrons. The molecule has 0 saturated carbocycles. The largest absolute Gasteiger partial charge is 0.360 e. The summed E-state index contributed by atoms with van der Waals surface area (Å²) in [6.45, 7) is 2.59. The number of fused-ring (bicyclic) bond motifs is 1. The number of nitrogens with zero attached hydrogens (tertiary/aromatic N) is 2. The molecular weight excluding hydrogens is 320 g/mol. The lowest BCUT2D eigenvalue weighted by Gasteiger charge is -2.19. The highest BCUT2D eigenvalue weighted by molar-refractivity contribution is 7.23. The van der Waals surface area contributed by atoms with Crippen LogP contribution in [0.5, 0.6) is 0 Å². The summed E-state index contributed by atoms with van der Waals surface area (Å²) in [5.41, 5.74) is 0.764. The molecule has 2 fully saturated rings. The highest BCUT2D eigenvalue weighted by Crippen LogP contribution is 2.38. The van der Waals surface area contributed by atoms with Crippen molar-refractivity contribution in [3.8, 4) is 6.07 Å². The zero-order chi connectivity index (χ0) is 16.5. The molecule has 3 heterocycles. The maximum absolute atomic E-state index is 12.3. The topological polar surface area (TPSA) is 68.2 Å². The molecule has 2 atom stereocenters. The summed E-state index contributed by atoms with van der Waals surface area (Å²) in [5, 5.41) is 18.1. The van der Waals surface area contributed by atoms with Gasteiger partial charge in [-0.3, -0.25) is 4.79 Å². The van der Waals surface area contributed by atoms with E-state index in [1.54, 1.807) is 11.3 Å². The second-order valence-corrected chi connectivity index (χ2v) is 7.51. The number of nitriles is 1. The number of hydrogen-bond acceptors (Lipinski definition) is 5. The van der Waals surface area contributed by atoms with Crippen LogP contribution in [-0.4, -0.2) is 37.6 Å². The molecule has 1 amide bonds. The minimum Gasteiger partial charge on any atom is -0.360 e. The van der Waals surface area contributed by atoms with Crippen LogP contribution in [0.15, 0.2) is 24.3 Å². The number of anilines is 1. The Kier molecular flexibility index (Phi) is 4.13. The van der Waals surface area contributed by atoms with E-state index < -0.39 is 0 Å². The van der Waals surface area contributed by atoms with Gasteiger partial charge in [-0.05, 0) is 31.9 Å². The average molecular weight is 340 g/mol. The van der Waals surface area contributed by atoms with Crippen molar-refractivity contribution in [3.05, 3.63) is 29.8 Å². The molecule has 6 heteroatoms. The van der Waals surface area contributed by atoms with E-state index in [4.69, 9.17) is 0 Å². The molecule has 1 aromatic carbocycles. The van der Waals surface area contributed by atoms with Gasteiger partial charge in [0.05, 0.1) is 11.6 Å². The van der Waals surface area contributed by atoms with Gasteiger partial charge in [0.2, 0.25) is 5.91 Å². The molecule has 2 aliphatic rings. The summed E-state index contributed by atoms with van der Waals surface area (Å²) < 4.78 is 1.15. The van der Waals surface area contributed by atoms with Crippen LogP contribution in [0.4, 0.5) is 5.00 Å². The third-order valence-electron chi connectivity index (χ3n) is 4.89. The quantitative estimate of drug-likeness (QED) is 0.899. The maximum Gasteiger partial charge on any atom is 0.237 e. The maximum atomic E-state index is 12.3. The molecule has 124 valence electrons. The van der Waals surface area contributed by atoms with Crippen LogP contribution in [0.2, 0.25) is 0 Å². The molecule has 2 N–H and O–H groups in total. The van der Waals surface area contributed by atoms with Crippen LogP contribution in [-0.2, 0) is 4.79 Å². The predicted octanol–water partition coefficient (Wildman–Crippen LogP) is 2.22. The predicted molar refractivity (Wildman–Crippen MR) is 96.3 cm³/mol. The molecule has 1 aromatic heterocycles. The smallest absolute Gasteiger partial charge is 0.237 e. The zero-order valence-corrected chi connectivity index (χ0v) is 14.2. The third-order valence-corrected chi connectivity index (χ3v) is 6.12. The van der Waals surface area contributed by atoms with Gasteiger partial charge in [-0.25, -0.2) is 0 Å². The first kappa shape index (κ1) is 15.4. The van der Waals surface area contributed by atoms with Crippen LogP contribution in [0.3, 0.4) is 0 Å². The lowest BCUT2D eigenvalue weighted by Crippen LogP contribution is -2.46. The normalized spacial score (nSPS) is 23.5. The van der Waals surface area contributed by atoms with Gasteiger partial charge in [-0.15, -0.1) is 11.3 Å². The fourth-order valence-electron chi connectivity index (χ4n) is 3.64. The Balaban J connectivity index is 1.49. The van der Waals surface area contributed by atoms with E-state index in [2.05, 4.69) is 27.7 Å². The Bertz CT molecular complexity index is 803. The second kappa shape index (κ2) is 6.42. The first-order chi connectivity index (χ1) is 11.8. The summed E-state index contributed by atoms with van der Waals surface area (Å²) in [6.07, 6.45) is 2.93. The van der Waals surface area contributed by atoms with Crippen LogP contribution in [0.1, 0.15) is 24.8 Å². The van der Waals surface area contributed by atoms with Gasteiger partial charge in [-0.1, -0.05) is 18.2 Å². The molecule has 4 rings (SSSR count). The third kappa shape index (κ3) is 2.74. The van der Waals surface area contributed by atoms with Crippen molar-refractivity contribution in [2.75, 3.05) is 24.5 Å². The first-order valence-corrected chi connectivity index (χ1v) is 9.28. The molecule has 2 aliphatic heterocycles. The monoisotopic (exact) mass is 340 g/mol. The van der Waals surface area contributed by atoms with Gasteiger partial charge in [0.15, 0.2) is 0 Å². The molecular formula is C18H20N4OS. The number of benzene rings is 1. The van der Waals surface area contributed by atoms with E-state index in [-0.39, 0.29) is 18.0 Å². The molecule has 2 saturated heterocycles. The average Bonchev–Trinajstić information content (AvgIpc) is 3.33. The number of hydrogen-bond donors (Lipinski definition) is 2. The number of thiophene rings is 1. The van der Waals surface area contributed by atoms with Crippen molar-refractivity contribution >= 4 is 32.3 Å². The molecule has 0 unspecified atom stereocenters. The van der Waals surface area contributed by atoms with E-state index in [9.17, 15) is 10.1 Å². The zero-order valence-electron chi connectivity index (χ0n) is 13.4. The first-order valence-electron chi connectivity index (χ1n) is 8.46. The number of carbonyl (C=O) groups excluding carboxylic acids is 1. The Morgan fingerprint density at radius 1 is 1.38 bits per heavy atom. The SMILES string of the molecule is N#Cc1c(N2CC[C@H](NC(=O)[C@@H]3CCCN3)C2)sc2ccccc12. The molecule has 24 heavy (non-hydrogen) atoms. The number of amides is 1. The van der Waals surface area contributed by atoms with Gasteiger partial charge in [0, 0.05) is 29.2 Å². The second-order valence-electron chi connectivity index (χ2n) is 6.48. The highest BCUT2D eigenvalue weighted by atomic mass is 32.1. The van der Waals surface area contributed by atoms with Crippen LogP contribution in [0, 0.1) is 11.3 Å². The van der Waals surface area contributed by atoms with Gasteiger partial charge in [-0.2, -0.15) is 5.26 Å². The molecule has 0 spiro atoms. The molecule has 0 bridgehead atoms.